The molecule has 2 aromatic rings. The molecule has 0 bridgehead atoms. The van der Waals surface area contributed by atoms with E-state index in [-0.39, 0.29) is 18.4 Å². The summed E-state index contributed by atoms with van der Waals surface area (Å²) in [6, 6.07) is 15.1. The molecule has 0 aliphatic heterocycles. The first-order chi connectivity index (χ1) is 10.6. The summed E-state index contributed by atoms with van der Waals surface area (Å²) in [5, 5.41) is 12.5. The number of carbonyl (C=O) groups is 1. The van der Waals surface area contributed by atoms with Crippen LogP contribution in [0.3, 0.4) is 0 Å². The van der Waals surface area contributed by atoms with E-state index in [4.69, 9.17) is 16.7 Å². The molecule has 0 heterocycles. The number of rotatable bonds is 6. The monoisotopic (exact) mass is 317 g/mol. The van der Waals surface area contributed by atoms with E-state index in [9.17, 15) is 4.79 Å². The summed E-state index contributed by atoms with van der Waals surface area (Å²) in [6.45, 7) is 2.04. The lowest BCUT2D eigenvalue weighted by molar-refractivity contribution is -0.119. The van der Waals surface area contributed by atoms with Crippen molar-refractivity contribution in [3.63, 3.8) is 0 Å². The lowest BCUT2D eigenvalue weighted by Gasteiger charge is -2.13. The van der Waals surface area contributed by atoms with Crippen LogP contribution in [0.2, 0.25) is 5.02 Å². The van der Waals surface area contributed by atoms with Gasteiger partial charge in [0.2, 0.25) is 5.91 Å². The number of hydrogen-bond donors (Lipinski definition) is 2. The van der Waals surface area contributed by atoms with E-state index < -0.39 is 0 Å². The largest absolute Gasteiger partial charge is 0.396 e. The Kier molecular flexibility index (Phi) is 5.99. The third kappa shape index (κ3) is 4.86. The minimum absolute atomic E-state index is 0.00939. The highest BCUT2D eigenvalue weighted by Gasteiger charge is 2.13. The van der Waals surface area contributed by atoms with E-state index in [2.05, 4.69) is 5.32 Å². The van der Waals surface area contributed by atoms with Crippen molar-refractivity contribution in [1.29, 1.82) is 0 Å². The first kappa shape index (κ1) is 16.5. The minimum Gasteiger partial charge on any atom is -0.396 e. The number of nitrogens with one attached hydrogen (secondary N) is 1. The molecule has 2 N–H and O–H groups in total. The predicted molar refractivity (Wildman–Crippen MR) is 90.2 cm³/mol. The van der Waals surface area contributed by atoms with Crippen LogP contribution in [-0.4, -0.2) is 17.6 Å². The molecule has 0 aliphatic carbocycles. The van der Waals surface area contributed by atoms with Gasteiger partial charge >= 0.3 is 0 Å². The third-order valence-corrected chi connectivity index (χ3v) is 3.78. The van der Waals surface area contributed by atoms with Crippen LogP contribution in [0.1, 0.15) is 18.1 Å². The van der Waals surface area contributed by atoms with Crippen molar-refractivity contribution >= 4 is 23.2 Å². The average Bonchev–Trinajstić information content (AvgIpc) is 2.51. The Labute approximate surface area is 135 Å². The number of hydrogen-bond acceptors (Lipinski definition) is 2. The topological polar surface area (TPSA) is 49.3 Å². The van der Waals surface area contributed by atoms with Gasteiger partial charge in [-0.25, -0.2) is 0 Å². The Balaban J connectivity index is 1.91. The molecule has 3 nitrogen and oxygen atoms in total. The third-order valence-electron chi connectivity index (χ3n) is 3.52. The quantitative estimate of drug-likeness (QED) is 0.853. The maximum Gasteiger partial charge on any atom is 0.227 e. The normalized spacial score (nSPS) is 12.0. The van der Waals surface area contributed by atoms with E-state index in [1.807, 2.05) is 55.5 Å². The second-order valence-corrected chi connectivity index (χ2v) is 5.83. The van der Waals surface area contributed by atoms with Crippen LogP contribution in [0.15, 0.2) is 48.5 Å². The first-order valence-corrected chi connectivity index (χ1v) is 7.71. The zero-order valence-electron chi connectivity index (χ0n) is 12.6. The summed E-state index contributed by atoms with van der Waals surface area (Å²) >= 11 is 5.86. The van der Waals surface area contributed by atoms with Gasteiger partial charge in [0, 0.05) is 23.2 Å². The Morgan fingerprint density at radius 2 is 1.68 bits per heavy atom. The molecule has 4 heteroatoms. The van der Waals surface area contributed by atoms with Crippen LogP contribution < -0.4 is 5.32 Å². The number of anilines is 1. The highest BCUT2D eigenvalue weighted by molar-refractivity contribution is 6.30. The SMILES string of the molecule is CC(Cc1ccc(Cl)cc1)C(=O)Nc1ccc(CCO)cc1. The predicted octanol–water partition coefficient (Wildman–Crippen LogP) is 3.69. The van der Waals surface area contributed by atoms with E-state index in [0.29, 0.717) is 17.9 Å². The number of aliphatic hydroxyl groups is 1. The van der Waals surface area contributed by atoms with Crippen LogP contribution in [-0.2, 0) is 17.6 Å². The van der Waals surface area contributed by atoms with Crippen molar-refractivity contribution in [2.45, 2.75) is 19.8 Å². The van der Waals surface area contributed by atoms with Gasteiger partial charge in [-0.15, -0.1) is 0 Å². The molecule has 2 rings (SSSR count). The molecule has 1 atom stereocenters. The molecule has 0 saturated heterocycles. The molecule has 116 valence electrons. The van der Waals surface area contributed by atoms with E-state index in [0.717, 1.165) is 16.8 Å². The van der Waals surface area contributed by atoms with Crippen LogP contribution in [0, 0.1) is 5.92 Å². The molecular weight excluding hydrogens is 298 g/mol. The number of amides is 1. The number of halogens is 1. The minimum atomic E-state index is -0.127. The first-order valence-electron chi connectivity index (χ1n) is 7.33. The molecule has 0 radical (unpaired) electrons. The molecule has 0 spiro atoms. The number of benzene rings is 2. The van der Waals surface area contributed by atoms with Crippen molar-refractivity contribution in [1.82, 2.24) is 0 Å². The van der Waals surface area contributed by atoms with Crippen molar-refractivity contribution < 1.29 is 9.90 Å². The zero-order valence-corrected chi connectivity index (χ0v) is 13.3. The van der Waals surface area contributed by atoms with Crippen LogP contribution >= 0.6 is 11.6 Å². The smallest absolute Gasteiger partial charge is 0.227 e. The van der Waals surface area contributed by atoms with Crippen molar-refractivity contribution in [2.75, 3.05) is 11.9 Å². The number of carbonyl (C=O) groups excluding carboxylic acids is 1. The standard InChI is InChI=1S/C18H20ClNO2/c1-13(12-15-2-6-16(19)7-3-15)18(22)20-17-8-4-14(5-9-17)10-11-21/h2-9,13,21H,10-12H2,1H3,(H,20,22). The Bertz CT molecular complexity index is 608. The second kappa shape index (κ2) is 7.97. The molecule has 2 aromatic carbocycles. The van der Waals surface area contributed by atoms with Gasteiger partial charge in [-0.3, -0.25) is 4.79 Å². The fourth-order valence-electron chi connectivity index (χ4n) is 2.22. The maximum atomic E-state index is 12.2. The summed E-state index contributed by atoms with van der Waals surface area (Å²) in [7, 11) is 0. The fraction of sp³-hybridized carbons (Fsp3) is 0.278. The van der Waals surface area contributed by atoms with Gasteiger partial charge in [-0.05, 0) is 48.2 Å². The van der Waals surface area contributed by atoms with Crippen LogP contribution in [0.25, 0.3) is 0 Å². The van der Waals surface area contributed by atoms with Crippen molar-refractivity contribution in [3.8, 4) is 0 Å². The fourth-order valence-corrected chi connectivity index (χ4v) is 2.34. The summed E-state index contributed by atoms with van der Waals surface area (Å²) in [4.78, 5) is 12.2. The Morgan fingerprint density at radius 1 is 1.09 bits per heavy atom. The number of aliphatic hydroxyl groups excluding tert-OH is 1. The molecule has 22 heavy (non-hydrogen) atoms. The Hall–Kier alpha value is -1.84. The molecule has 1 amide bonds. The molecule has 0 aromatic heterocycles. The molecular formula is C18H20ClNO2. The van der Waals surface area contributed by atoms with Crippen molar-refractivity contribution in [2.24, 2.45) is 5.92 Å². The molecule has 0 saturated carbocycles. The van der Waals surface area contributed by atoms with Gasteiger partial charge in [0.05, 0.1) is 0 Å². The van der Waals surface area contributed by atoms with Crippen LogP contribution in [0.5, 0.6) is 0 Å². The summed E-state index contributed by atoms with van der Waals surface area (Å²) in [5.41, 5.74) is 2.91. The summed E-state index contributed by atoms with van der Waals surface area (Å²) < 4.78 is 0. The Morgan fingerprint density at radius 3 is 2.27 bits per heavy atom. The summed E-state index contributed by atoms with van der Waals surface area (Å²) in [6.07, 6.45) is 1.30. The van der Waals surface area contributed by atoms with Gasteiger partial charge in [0.25, 0.3) is 0 Å². The lowest BCUT2D eigenvalue weighted by atomic mass is 10.0. The van der Waals surface area contributed by atoms with Gasteiger partial charge in [-0.1, -0.05) is 42.8 Å². The molecule has 1 unspecified atom stereocenters. The second-order valence-electron chi connectivity index (χ2n) is 5.39. The van der Waals surface area contributed by atoms with Gasteiger partial charge in [0.15, 0.2) is 0 Å². The van der Waals surface area contributed by atoms with Gasteiger partial charge in [0.1, 0.15) is 0 Å². The van der Waals surface area contributed by atoms with E-state index in [1.165, 1.54) is 0 Å². The summed E-state index contributed by atoms with van der Waals surface area (Å²) in [5.74, 6) is -0.136. The molecule has 0 aliphatic rings. The van der Waals surface area contributed by atoms with Crippen LogP contribution in [0.4, 0.5) is 5.69 Å². The van der Waals surface area contributed by atoms with E-state index >= 15 is 0 Å². The van der Waals surface area contributed by atoms with Gasteiger partial charge in [-0.2, -0.15) is 0 Å². The van der Waals surface area contributed by atoms with Gasteiger partial charge < -0.3 is 10.4 Å². The van der Waals surface area contributed by atoms with E-state index in [1.54, 1.807) is 0 Å². The maximum absolute atomic E-state index is 12.2. The highest BCUT2D eigenvalue weighted by Crippen LogP contribution is 2.16. The lowest BCUT2D eigenvalue weighted by Crippen LogP contribution is -2.22. The van der Waals surface area contributed by atoms with Crippen molar-refractivity contribution in [3.05, 3.63) is 64.7 Å². The highest BCUT2D eigenvalue weighted by atomic mass is 35.5. The zero-order chi connectivity index (χ0) is 15.9. The molecule has 0 fully saturated rings. The average molecular weight is 318 g/mol.